The summed E-state index contributed by atoms with van der Waals surface area (Å²) in [6.07, 6.45) is 5.98. The van der Waals surface area contributed by atoms with Gasteiger partial charge in [-0.1, -0.05) is 19.9 Å². The van der Waals surface area contributed by atoms with Crippen LogP contribution in [0.3, 0.4) is 0 Å². The third-order valence-electron chi connectivity index (χ3n) is 4.19. The third kappa shape index (κ3) is 5.74. The summed E-state index contributed by atoms with van der Waals surface area (Å²) in [5.41, 5.74) is 0.579. The Morgan fingerprint density at radius 2 is 1.96 bits per heavy atom. The van der Waals surface area contributed by atoms with E-state index in [2.05, 4.69) is 4.98 Å². The lowest BCUT2D eigenvalue weighted by atomic mass is 10.2. The molecule has 2 rings (SSSR count). The molecule has 2 heterocycles. The largest absolute Gasteiger partial charge is 0.464 e. The van der Waals surface area contributed by atoms with Crippen LogP contribution >= 0.6 is 0 Å². The molecule has 8 nitrogen and oxygen atoms in total. The highest BCUT2D eigenvalue weighted by atomic mass is 32.2. The van der Waals surface area contributed by atoms with Crippen LogP contribution in [0.15, 0.2) is 52.5 Å². The summed E-state index contributed by atoms with van der Waals surface area (Å²) in [6.45, 7) is 3.97. The van der Waals surface area contributed by atoms with Crippen LogP contribution in [-0.4, -0.2) is 47.9 Å². The van der Waals surface area contributed by atoms with Gasteiger partial charge in [0.25, 0.3) is 5.56 Å². The van der Waals surface area contributed by atoms with Gasteiger partial charge in [-0.05, 0) is 30.5 Å². The normalized spacial score (nSPS) is 11.5. The van der Waals surface area contributed by atoms with E-state index in [0.29, 0.717) is 19.5 Å². The van der Waals surface area contributed by atoms with Gasteiger partial charge >= 0.3 is 5.97 Å². The molecule has 0 N–H and O–H groups in total. The number of sulfonamides is 1. The molecule has 0 saturated carbocycles. The standard InChI is InChI=1S/C19H25N3O5S/c1-3-22(4-2)28(25,26)17-9-10-18(23)21(14-17)15-19(24)27-12-6-8-16-7-5-11-20-13-16/h5,7,9-11,13-14H,3-4,6,8,12,15H2,1-2H3. The van der Waals surface area contributed by atoms with Gasteiger partial charge < -0.3 is 9.30 Å². The molecule has 2 aromatic rings. The van der Waals surface area contributed by atoms with Crippen LogP contribution < -0.4 is 5.56 Å². The highest BCUT2D eigenvalue weighted by molar-refractivity contribution is 7.89. The average Bonchev–Trinajstić information content (AvgIpc) is 2.68. The zero-order valence-corrected chi connectivity index (χ0v) is 16.9. The van der Waals surface area contributed by atoms with Gasteiger partial charge in [-0.15, -0.1) is 0 Å². The molecule has 0 amide bonds. The van der Waals surface area contributed by atoms with Crippen molar-refractivity contribution in [2.75, 3.05) is 19.7 Å². The first-order valence-electron chi connectivity index (χ1n) is 9.13. The molecule has 0 unspecified atom stereocenters. The van der Waals surface area contributed by atoms with E-state index in [9.17, 15) is 18.0 Å². The Kier molecular flexibility index (Phi) is 7.89. The lowest BCUT2D eigenvalue weighted by Crippen LogP contribution is -2.32. The van der Waals surface area contributed by atoms with Gasteiger partial charge in [-0.3, -0.25) is 14.6 Å². The van der Waals surface area contributed by atoms with Crippen LogP contribution in [-0.2, 0) is 32.5 Å². The maximum Gasteiger partial charge on any atom is 0.326 e. The number of esters is 1. The number of nitrogens with zero attached hydrogens (tertiary/aromatic N) is 3. The molecule has 0 atom stereocenters. The Morgan fingerprint density at radius 3 is 2.61 bits per heavy atom. The van der Waals surface area contributed by atoms with E-state index >= 15 is 0 Å². The fourth-order valence-corrected chi connectivity index (χ4v) is 4.17. The molecular formula is C19H25N3O5S. The van der Waals surface area contributed by atoms with Gasteiger partial charge in [0.2, 0.25) is 10.0 Å². The Bertz CT molecular complexity index is 938. The molecular weight excluding hydrogens is 382 g/mol. The number of aryl methyl sites for hydroxylation is 1. The smallest absolute Gasteiger partial charge is 0.326 e. The van der Waals surface area contributed by atoms with E-state index in [4.69, 9.17) is 4.74 Å². The average molecular weight is 407 g/mol. The monoisotopic (exact) mass is 407 g/mol. The fourth-order valence-electron chi connectivity index (χ4n) is 2.69. The van der Waals surface area contributed by atoms with Crippen LogP contribution in [0.25, 0.3) is 0 Å². The van der Waals surface area contributed by atoms with Crippen molar-refractivity contribution >= 4 is 16.0 Å². The molecule has 152 valence electrons. The fraction of sp³-hybridized carbons (Fsp3) is 0.421. The zero-order chi connectivity index (χ0) is 20.6. The second-order valence-electron chi connectivity index (χ2n) is 6.11. The number of pyridine rings is 2. The molecule has 0 aliphatic rings. The van der Waals surface area contributed by atoms with Gasteiger partial charge in [0.1, 0.15) is 6.54 Å². The van der Waals surface area contributed by atoms with E-state index < -0.39 is 21.6 Å². The van der Waals surface area contributed by atoms with Crippen LogP contribution in [0, 0.1) is 0 Å². The molecule has 28 heavy (non-hydrogen) atoms. The molecule has 0 aliphatic heterocycles. The second-order valence-corrected chi connectivity index (χ2v) is 8.04. The zero-order valence-electron chi connectivity index (χ0n) is 16.1. The van der Waals surface area contributed by atoms with Crippen molar-refractivity contribution in [3.63, 3.8) is 0 Å². The molecule has 0 bridgehead atoms. The predicted molar refractivity (Wildman–Crippen MR) is 104 cm³/mol. The number of carbonyl (C=O) groups excluding carboxylic acids is 1. The highest BCUT2D eigenvalue weighted by Crippen LogP contribution is 2.13. The SMILES string of the molecule is CCN(CC)S(=O)(=O)c1ccc(=O)n(CC(=O)OCCCc2cccnc2)c1. The molecule has 0 fully saturated rings. The second kappa shape index (κ2) is 10.1. The Labute approximate surface area is 164 Å². The summed E-state index contributed by atoms with van der Waals surface area (Å²) >= 11 is 0. The van der Waals surface area contributed by atoms with Gasteiger partial charge in [0.15, 0.2) is 0 Å². The summed E-state index contributed by atoms with van der Waals surface area (Å²) in [7, 11) is -3.71. The molecule has 9 heteroatoms. The molecule has 0 radical (unpaired) electrons. The topological polar surface area (TPSA) is 98.6 Å². The number of hydrogen-bond donors (Lipinski definition) is 0. The van der Waals surface area contributed by atoms with Gasteiger partial charge in [-0.25, -0.2) is 8.42 Å². The minimum absolute atomic E-state index is 0.0276. The first-order chi connectivity index (χ1) is 13.4. The lowest BCUT2D eigenvalue weighted by Gasteiger charge is -2.18. The van der Waals surface area contributed by atoms with Crippen LogP contribution in [0.1, 0.15) is 25.8 Å². The minimum atomic E-state index is -3.71. The molecule has 2 aromatic heterocycles. The summed E-state index contributed by atoms with van der Waals surface area (Å²) in [6, 6.07) is 6.18. The number of ether oxygens (including phenoxy) is 1. The summed E-state index contributed by atoms with van der Waals surface area (Å²) in [5, 5.41) is 0. The third-order valence-corrected chi connectivity index (χ3v) is 6.23. The summed E-state index contributed by atoms with van der Waals surface area (Å²) in [5.74, 6) is -0.592. The minimum Gasteiger partial charge on any atom is -0.464 e. The number of aromatic nitrogens is 2. The van der Waals surface area contributed by atoms with E-state index in [1.807, 2.05) is 12.1 Å². The summed E-state index contributed by atoms with van der Waals surface area (Å²) in [4.78, 5) is 28.0. The molecule has 0 aromatic carbocycles. The van der Waals surface area contributed by atoms with Gasteiger partial charge in [0.05, 0.1) is 11.5 Å². The summed E-state index contributed by atoms with van der Waals surface area (Å²) < 4.78 is 32.7. The van der Waals surface area contributed by atoms with Crippen molar-refractivity contribution in [2.24, 2.45) is 0 Å². The van der Waals surface area contributed by atoms with Crippen molar-refractivity contribution in [3.8, 4) is 0 Å². The Hall–Kier alpha value is -2.52. The molecule has 0 saturated heterocycles. The van der Waals surface area contributed by atoms with E-state index in [1.165, 1.54) is 16.6 Å². The first-order valence-corrected chi connectivity index (χ1v) is 10.6. The number of hydrogen-bond acceptors (Lipinski definition) is 6. The van der Waals surface area contributed by atoms with Gasteiger partial charge in [0, 0.05) is 37.7 Å². The quantitative estimate of drug-likeness (QED) is 0.437. The lowest BCUT2D eigenvalue weighted by molar-refractivity contribution is -0.144. The maximum atomic E-state index is 12.6. The van der Waals surface area contributed by atoms with Crippen molar-refractivity contribution in [1.29, 1.82) is 0 Å². The number of carbonyl (C=O) groups is 1. The molecule has 0 spiro atoms. The van der Waals surface area contributed by atoms with Crippen LogP contribution in [0.2, 0.25) is 0 Å². The Morgan fingerprint density at radius 1 is 1.21 bits per heavy atom. The molecule has 0 aliphatic carbocycles. The first kappa shape index (κ1) is 21.8. The van der Waals surface area contributed by atoms with Crippen molar-refractivity contribution in [1.82, 2.24) is 13.9 Å². The van der Waals surface area contributed by atoms with E-state index in [0.717, 1.165) is 22.6 Å². The maximum absolute atomic E-state index is 12.6. The highest BCUT2D eigenvalue weighted by Gasteiger charge is 2.22. The van der Waals surface area contributed by atoms with Crippen molar-refractivity contribution < 1.29 is 17.9 Å². The van der Waals surface area contributed by atoms with Gasteiger partial charge in [-0.2, -0.15) is 4.31 Å². The van der Waals surface area contributed by atoms with Crippen molar-refractivity contribution in [2.45, 2.75) is 38.1 Å². The number of rotatable bonds is 10. The van der Waals surface area contributed by atoms with Crippen molar-refractivity contribution in [3.05, 3.63) is 58.8 Å². The van der Waals surface area contributed by atoms with E-state index in [1.54, 1.807) is 26.2 Å². The Balaban J connectivity index is 1.97. The van der Waals surface area contributed by atoms with E-state index in [-0.39, 0.29) is 18.0 Å². The predicted octanol–water partition coefficient (Wildman–Crippen LogP) is 1.45. The van der Waals surface area contributed by atoms with Crippen LogP contribution in [0.5, 0.6) is 0 Å². The van der Waals surface area contributed by atoms with Crippen LogP contribution in [0.4, 0.5) is 0 Å².